The fourth-order valence-corrected chi connectivity index (χ4v) is 5.70. The van der Waals surface area contributed by atoms with Gasteiger partial charge in [0.2, 0.25) is 23.5 Å². The molecule has 2 N–H and O–H groups in total. The Morgan fingerprint density at radius 3 is 2.43 bits per heavy atom. The number of rotatable bonds is 10. The number of fused-ring (bicyclic) bond motifs is 1. The van der Waals surface area contributed by atoms with Crippen molar-refractivity contribution in [3.63, 3.8) is 0 Å². The fraction of sp³-hybridized carbons (Fsp3) is 0.407. The number of methoxy groups -OCH3 is 3. The number of thiazole rings is 1. The first kappa shape index (κ1) is 28.9. The van der Waals surface area contributed by atoms with Gasteiger partial charge < -0.3 is 29.2 Å². The Kier molecular flexibility index (Phi) is 8.29. The molecule has 0 saturated carbocycles. The Bertz CT molecular complexity index is 1520. The zero-order valence-electron chi connectivity index (χ0n) is 23.9. The Labute approximate surface area is 246 Å². The van der Waals surface area contributed by atoms with Gasteiger partial charge in [0.15, 0.2) is 16.6 Å². The van der Waals surface area contributed by atoms with E-state index in [0.717, 1.165) is 16.9 Å². The number of nitrogens with one attached hydrogen (secondary N) is 2. The predicted octanol–water partition coefficient (Wildman–Crippen LogP) is 2.21. The summed E-state index contributed by atoms with van der Waals surface area (Å²) >= 11 is 1.12. The number of nitrogens with zero attached hydrogens (tertiary/aromatic N) is 5. The van der Waals surface area contributed by atoms with Crippen molar-refractivity contribution < 1.29 is 33.3 Å². The molecular formula is C27H31N7O7S. The van der Waals surface area contributed by atoms with Crippen molar-refractivity contribution in [2.75, 3.05) is 62.7 Å². The zero-order chi connectivity index (χ0) is 30.0. The number of aromatic nitrogens is 3. The second-order valence-electron chi connectivity index (χ2n) is 9.41. The summed E-state index contributed by atoms with van der Waals surface area (Å²) in [7, 11) is 4.57. The number of carbonyl (C=O) groups is 3. The summed E-state index contributed by atoms with van der Waals surface area (Å²) in [5.74, 6) is 1.64. The van der Waals surface area contributed by atoms with Crippen LogP contribution in [-0.4, -0.2) is 80.3 Å². The maximum Gasteiger partial charge on any atom is 0.350 e. The van der Waals surface area contributed by atoms with Crippen LogP contribution in [0.2, 0.25) is 0 Å². The smallest absolute Gasteiger partial charge is 0.350 e. The number of ether oxygens (including phenoxy) is 4. The van der Waals surface area contributed by atoms with Crippen molar-refractivity contribution >= 4 is 51.8 Å². The molecule has 3 aromatic rings. The van der Waals surface area contributed by atoms with E-state index in [4.69, 9.17) is 28.9 Å². The molecule has 1 fully saturated rings. The highest BCUT2D eigenvalue weighted by molar-refractivity contribution is 7.17. The van der Waals surface area contributed by atoms with Gasteiger partial charge in [-0.25, -0.2) is 9.78 Å². The lowest BCUT2D eigenvalue weighted by atomic mass is 10.1. The van der Waals surface area contributed by atoms with Crippen LogP contribution in [0.25, 0.3) is 0 Å². The van der Waals surface area contributed by atoms with Gasteiger partial charge in [-0.15, -0.1) is 0 Å². The van der Waals surface area contributed by atoms with E-state index in [1.54, 1.807) is 30.9 Å². The SMILES string of the molecule is CCOC(=O)c1sc(Nc2nc(N3CCNC(=O)C3)c3c(n2)N(Cc2cc(OC)c(OC)c(OC)c2)C(=O)C3)nc1C. The minimum atomic E-state index is -0.461. The molecule has 1 saturated heterocycles. The molecule has 2 aliphatic rings. The van der Waals surface area contributed by atoms with Crippen LogP contribution < -0.4 is 34.6 Å². The van der Waals surface area contributed by atoms with Gasteiger partial charge in [0.1, 0.15) is 16.5 Å². The van der Waals surface area contributed by atoms with Crippen molar-refractivity contribution in [1.29, 1.82) is 0 Å². The Morgan fingerprint density at radius 1 is 1.07 bits per heavy atom. The van der Waals surface area contributed by atoms with Crippen molar-refractivity contribution in [2.45, 2.75) is 26.8 Å². The summed E-state index contributed by atoms with van der Waals surface area (Å²) in [6.07, 6.45) is 0.0663. The minimum Gasteiger partial charge on any atom is -0.493 e. The van der Waals surface area contributed by atoms with Crippen LogP contribution in [0.3, 0.4) is 0 Å². The first-order chi connectivity index (χ1) is 20.3. The molecule has 5 rings (SSSR count). The molecule has 0 aliphatic carbocycles. The van der Waals surface area contributed by atoms with Crippen LogP contribution in [0.1, 0.15) is 33.4 Å². The van der Waals surface area contributed by atoms with Crippen molar-refractivity contribution in [3.05, 3.63) is 33.8 Å². The third-order valence-electron chi connectivity index (χ3n) is 6.73. The minimum absolute atomic E-state index is 0.0663. The molecule has 14 nitrogen and oxygen atoms in total. The molecule has 0 spiro atoms. The number of hydrogen-bond donors (Lipinski definition) is 2. The lowest BCUT2D eigenvalue weighted by Gasteiger charge is -2.29. The quantitative estimate of drug-likeness (QED) is 0.329. The summed E-state index contributed by atoms with van der Waals surface area (Å²) in [6, 6.07) is 3.55. The van der Waals surface area contributed by atoms with Crippen LogP contribution in [0, 0.1) is 6.92 Å². The molecule has 222 valence electrons. The maximum absolute atomic E-state index is 13.4. The zero-order valence-corrected chi connectivity index (χ0v) is 24.7. The Balaban J connectivity index is 1.54. The highest BCUT2D eigenvalue weighted by Crippen LogP contribution is 2.41. The molecule has 1 aromatic carbocycles. The normalized spacial score (nSPS) is 14.4. The van der Waals surface area contributed by atoms with Gasteiger partial charge in [-0.3, -0.25) is 19.8 Å². The van der Waals surface area contributed by atoms with Crippen LogP contribution in [0.4, 0.5) is 22.7 Å². The van der Waals surface area contributed by atoms with E-state index in [1.807, 2.05) is 4.90 Å². The van der Waals surface area contributed by atoms with Crippen molar-refractivity contribution in [2.24, 2.45) is 0 Å². The summed E-state index contributed by atoms with van der Waals surface area (Å²) in [4.78, 5) is 55.6. The van der Waals surface area contributed by atoms with Gasteiger partial charge in [0.05, 0.1) is 53.1 Å². The van der Waals surface area contributed by atoms with Gasteiger partial charge in [-0.1, -0.05) is 11.3 Å². The van der Waals surface area contributed by atoms with E-state index < -0.39 is 5.97 Å². The topological polar surface area (TPSA) is 157 Å². The van der Waals surface area contributed by atoms with Crippen molar-refractivity contribution in [3.8, 4) is 17.2 Å². The average molecular weight is 598 g/mol. The lowest BCUT2D eigenvalue weighted by molar-refractivity contribution is -0.120. The predicted molar refractivity (Wildman–Crippen MR) is 154 cm³/mol. The summed E-state index contributed by atoms with van der Waals surface area (Å²) in [6.45, 7) is 4.91. The number of amides is 2. The van der Waals surface area contributed by atoms with E-state index in [1.165, 1.54) is 21.3 Å². The van der Waals surface area contributed by atoms with Gasteiger partial charge in [0, 0.05) is 18.7 Å². The molecule has 2 aromatic heterocycles. The van der Waals surface area contributed by atoms with E-state index in [9.17, 15) is 14.4 Å². The molecule has 15 heteroatoms. The standard InChI is InChI=1S/C27H31N7O7S/c1-6-41-25(37)22-14(2)29-27(42-22)32-26-30-23(33-8-7-28-19(35)13-33)16-11-20(36)34(24(16)31-26)12-15-9-17(38-3)21(40-5)18(10-15)39-4/h9-10H,6-8,11-13H2,1-5H3,(H,28,35)(H,29,30,31,32). The number of anilines is 4. The molecule has 4 heterocycles. The molecule has 0 unspecified atom stereocenters. The second-order valence-corrected chi connectivity index (χ2v) is 10.4. The second kappa shape index (κ2) is 12.1. The van der Waals surface area contributed by atoms with E-state index in [0.29, 0.717) is 63.2 Å². The molecular weight excluding hydrogens is 566 g/mol. The fourth-order valence-electron chi connectivity index (χ4n) is 4.85. The maximum atomic E-state index is 13.4. The number of carbonyl (C=O) groups excluding carboxylic acids is 3. The van der Waals surface area contributed by atoms with Crippen LogP contribution in [0.15, 0.2) is 12.1 Å². The number of aryl methyl sites for hydroxylation is 1. The van der Waals surface area contributed by atoms with E-state index in [-0.39, 0.29) is 43.9 Å². The first-order valence-electron chi connectivity index (χ1n) is 13.2. The lowest BCUT2D eigenvalue weighted by Crippen LogP contribution is -2.48. The van der Waals surface area contributed by atoms with Gasteiger partial charge >= 0.3 is 5.97 Å². The molecule has 0 atom stereocenters. The third-order valence-corrected chi connectivity index (χ3v) is 7.78. The number of hydrogen-bond acceptors (Lipinski definition) is 13. The Hall–Kier alpha value is -4.66. The summed E-state index contributed by atoms with van der Waals surface area (Å²) in [5.41, 5.74) is 1.86. The highest BCUT2D eigenvalue weighted by atomic mass is 32.1. The van der Waals surface area contributed by atoms with Crippen LogP contribution >= 0.6 is 11.3 Å². The summed E-state index contributed by atoms with van der Waals surface area (Å²) < 4.78 is 21.5. The number of benzene rings is 1. The molecule has 0 radical (unpaired) electrons. The highest BCUT2D eigenvalue weighted by Gasteiger charge is 2.35. The van der Waals surface area contributed by atoms with Gasteiger partial charge in [-0.05, 0) is 31.5 Å². The van der Waals surface area contributed by atoms with Gasteiger partial charge in [-0.2, -0.15) is 9.97 Å². The van der Waals surface area contributed by atoms with E-state index in [2.05, 4.69) is 15.6 Å². The Morgan fingerprint density at radius 2 is 1.79 bits per heavy atom. The average Bonchev–Trinajstić information content (AvgIpc) is 3.50. The van der Waals surface area contributed by atoms with Crippen LogP contribution in [-0.2, 0) is 27.3 Å². The molecule has 42 heavy (non-hydrogen) atoms. The van der Waals surface area contributed by atoms with E-state index >= 15 is 0 Å². The van der Waals surface area contributed by atoms with Gasteiger partial charge in [0.25, 0.3) is 0 Å². The number of esters is 1. The van der Waals surface area contributed by atoms with Crippen LogP contribution in [0.5, 0.6) is 17.2 Å². The third kappa shape index (κ3) is 5.59. The first-order valence-corrected chi connectivity index (χ1v) is 14.0. The van der Waals surface area contributed by atoms with Crippen molar-refractivity contribution in [1.82, 2.24) is 20.3 Å². The monoisotopic (exact) mass is 597 g/mol. The number of piperazine rings is 1. The molecule has 2 amide bonds. The summed E-state index contributed by atoms with van der Waals surface area (Å²) in [5, 5.41) is 6.29. The largest absolute Gasteiger partial charge is 0.493 e. The molecule has 2 aliphatic heterocycles. The molecule has 0 bridgehead atoms.